The predicted octanol–water partition coefficient (Wildman–Crippen LogP) is 12.2. The van der Waals surface area contributed by atoms with Crippen molar-refractivity contribution in [1.82, 2.24) is 4.57 Å². The summed E-state index contributed by atoms with van der Waals surface area (Å²) in [5, 5.41) is 7.38. The molecule has 0 amide bonds. The van der Waals surface area contributed by atoms with E-state index < -0.39 is 0 Å². The van der Waals surface area contributed by atoms with Crippen LogP contribution in [0.2, 0.25) is 0 Å². The average molecular weight is 586 g/mol. The number of benzene rings is 8. The lowest BCUT2D eigenvalue weighted by Crippen LogP contribution is -1.97. The van der Waals surface area contributed by atoms with Crippen LogP contribution in [0.5, 0.6) is 11.5 Å². The zero-order valence-corrected chi connectivity index (χ0v) is 24.9. The van der Waals surface area contributed by atoms with Crippen LogP contribution in [-0.4, -0.2) is 4.57 Å². The third kappa shape index (κ3) is 3.59. The Hall–Kier alpha value is -6.12. The van der Waals surface area contributed by atoms with Crippen LogP contribution < -0.4 is 4.74 Å². The van der Waals surface area contributed by atoms with Crippen LogP contribution in [0.25, 0.3) is 82.4 Å². The molecule has 0 saturated heterocycles. The van der Waals surface area contributed by atoms with Gasteiger partial charge in [0.25, 0.3) is 0 Å². The van der Waals surface area contributed by atoms with E-state index in [1.807, 2.05) is 0 Å². The second-order valence-electron chi connectivity index (χ2n) is 12.1. The fraction of sp³-hybridized carbons (Fsp3) is 0. The molecule has 0 aliphatic carbocycles. The summed E-state index contributed by atoms with van der Waals surface area (Å²) >= 11 is 0. The fourth-order valence-corrected chi connectivity index (χ4v) is 7.60. The molecule has 0 bridgehead atoms. The van der Waals surface area contributed by atoms with Gasteiger partial charge >= 0.3 is 0 Å². The van der Waals surface area contributed by atoms with Crippen molar-refractivity contribution in [3.8, 4) is 50.6 Å². The van der Waals surface area contributed by atoms with Gasteiger partial charge in [-0.2, -0.15) is 0 Å². The fourth-order valence-electron chi connectivity index (χ4n) is 7.60. The lowest BCUT2D eigenvalue weighted by atomic mass is 9.88. The average Bonchev–Trinajstić information content (AvgIpc) is 3.47. The van der Waals surface area contributed by atoms with Gasteiger partial charge in [-0.25, -0.2) is 0 Å². The molecule has 8 aromatic carbocycles. The molecule has 2 heterocycles. The SMILES string of the molecule is c1ccc(-n2c3ccccc3c3ccc4c(-c5ccccc5-c5ccc6c(c5)-c5cccc7cccc(c57)O6)cccc4c32)cc1. The van der Waals surface area contributed by atoms with Gasteiger partial charge < -0.3 is 9.30 Å². The minimum atomic E-state index is 0.897. The molecule has 46 heavy (non-hydrogen) atoms. The minimum Gasteiger partial charge on any atom is -0.456 e. The van der Waals surface area contributed by atoms with E-state index in [-0.39, 0.29) is 0 Å². The van der Waals surface area contributed by atoms with Gasteiger partial charge in [0, 0.05) is 32.8 Å². The van der Waals surface area contributed by atoms with E-state index >= 15 is 0 Å². The molecule has 1 aliphatic heterocycles. The van der Waals surface area contributed by atoms with Crippen molar-refractivity contribution in [1.29, 1.82) is 0 Å². The van der Waals surface area contributed by atoms with Gasteiger partial charge in [0.2, 0.25) is 0 Å². The summed E-state index contributed by atoms with van der Waals surface area (Å²) < 4.78 is 8.85. The lowest BCUT2D eigenvalue weighted by Gasteiger charge is -2.22. The molecule has 0 spiro atoms. The summed E-state index contributed by atoms with van der Waals surface area (Å²) in [6.07, 6.45) is 0. The van der Waals surface area contributed by atoms with Gasteiger partial charge in [-0.3, -0.25) is 0 Å². The quantitative estimate of drug-likeness (QED) is 0.201. The van der Waals surface area contributed by atoms with Crippen LogP contribution in [0.3, 0.4) is 0 Å². The van der Waals surface area contributed by atoms with Crippen molar-refractivity contribution in [3.05, 3.63) is 164 Å². The van der Waals surface area contributed by atoms with Gasteiger partial charge in [0.1, 0.15) is 11.5 Å². The number of para-hydroxylation sites is 2. The van der Waals surface area contributed by atoms with E-state index in [1.165, 1.54) is 76.9 Å². The number of hydrogen-bond donors (Lipinski definition) is 0. The summed E-state index contributed by atoms with van der Waals surface area (Å²) in [6.45, 7) is 0. The molecule has 2 heteroatoms. The van der Waals surface area contributed by atoms with Gasteiger partial charge in [0.05, 0.1) is 11.0 Å². The Bertz CT molecular complexity index is 2660. The van der Waals surface area contributed by atoms with Crippen molar-refractivity contribution < 1.29 is 4.74 Å². The van der Waals surface area contributed by atoms with Crippen molar-refractivity contribution >= 4 is 43.4 Å². The number of fused-ring (bicyclic) bond motifs is 7. The van der Waals surface area contributed by atoms with E-state index in [9.17, 15) is 0 Å². The largest absolute Gasteiger partial charge is 0.456 e. The number of rotatable bonds is 3. The number of nitrogens with zero attached hydrogens (tertiary/aromatic N) is 1. The molecular weight excluding hydrogens is 558 g/mol. The highest BCUT2D eigenvalue weighted by Crippen LogP contribution is 2.48. The Morgan fingerprint density at radius 2 is 1.07 bits per heavy atom. The molecule has 0 saturated carbocycles. The summed E-state index contributed by atoms with van der Waals surface area (Å²) in [5.74, 6) is 1.82. The Kier molecular flexibility index (Phi) is 5.31. The molecule has 1 aliphatic rings. The smallest absolute Gasteiger partial charge is 0.135 e. The first-order valence-electron chi connectivity index (χ1n) is 15.8. The zero-order chi connectivity index (χ0) is 30.2. The third-order valence-electron chi connectivity index (χ3n) is 9.59. The molecule has 214 valence electrons. The molecule has 0 atom stereocenters. The van der Waals surface area contributed by atoms with Crippen LogP contribution in [0.15, 0.2) is 164 Å². The summed E-state index contributed by atoms with van der Waals surface area (Å²) in [6, 6.07) is 59.0. The van der Waals surface area contributed by atoms with Crippen molar-refractivity contribution in [2.75, 3.05) is 0 Å². The van der Waals surface area contributed by atoms with E-state index in [4.69, 9.17) is 4.74 Å². The molecule has 0 unspecified atom stereocenters. The lowest BCUT2D eigenvalue weighted by molar-refractivity contribution is 0.487. The minimum absolute atomic E-state index is 0.897. The number of aromatic nitrogens is 1. The van der Waals surface area contributed by atoms with Crippen LogP contribution >= 0.6 is 0 Å². The Labute approximate surface area is 266 Å². The Morgan fingerprint density at radius 1 is 0.391 bits per heavy atom. The normalized spacial score (nSPS) is 12.1. The van der Waals surface area contributed by atoms with Gasteiger partial charge in [-0.05, 0) is 75.0 Å². The highest BCUT2D eigenvalue weighted by atomic mass is 16.5. The van der Waals surface area contributed by atoms with Gasteiger partial charge in [-0.1, -0.05) is 127 Å². The van der Waals surface area contributed by atoms with Crippen molar-refractivity contribution in [2.24, 2.45) is 0 Å². The molecule has 10 rings (SSSR count). The summed E-state index contributed by atoms with van der Waals surface area (Å²) in [5.41, 5.74) is 10.8. The Balaban J connectivity index is 1.21. The van der Waals surface area contributed by atoms with E-state index in [2.05, 4.69) is 168 Å². The molecule has 2 nitrogen and oxygen atoms in total. The van der Waals surface area contributed by atoms with E-state index in [0.29, 0.717) is 0 Å². The highest BCUT2D eigenvalue weighted by molar-refractivity contribution is 6.21. The molecule has 0 fully saturated rings. The van der Waals surface area contributed by atoms with E-state index in [0.717, 1.165) is 17.1 Å². The maximum Gasteiger partial charge on any atom is 0.135 e. The maximum atomic E-state index is 6.42. The monoisotopic (exact) mass is 585 g/mol. The molecule has 0 radical (unpaired) electrons. The second-order valence-corrected chi connectivity index (χ2v) is 12.1. The standard InChI is InChI=1S/C44H27NO/c1-2-13-30(14-3-1)45-40-21-7-6-17-35(40)38-25-24-34-33(18-10-20-37(34)44(38)45)32-16-5-4-15-31(32)29-23-26-41-39(27-29)36-19-8-11-28-12-9-22-42(46-41)43(28)36/h1-27H. The maximum absolute atomic E-state index is 6.42. The first-order chi connectivity index (χ1) is 22.8. The summed E-state index contributed by atoms with van der Waals surface area (Å²) in [7, 11) is 0. The van der Waals surface area contributed by atoms with Crippen molar-refractivity contribution in [3.63, 3.8) is 0 Å². The van der Waals surface area contributed by atoms with Crippen molar-refractivity contribution in [2.45, 2.75) is 0 Å². The van der Waals surface area contributed by atoms with Crippen LogP contribution in [-0.2, 0) is 0 Å². The molecule has 9 aromatic rings. The second kappa shape index (κ2) is 9.69. The van der Waals surface area contributed by atoms with Crippen LogP contribution in [0.4, 0.5) is 0 Å². The zero-order valence-electron chi connectivity index (χ0n) is 24.9. The van der Waals surface area contributed by atoms with Crippen LogP contribution in [0, 0.1) is 0 Å². The molecular formula is C44H27NO. The first-order valence-corrected chi connectivity index (χ1v) is 15.8. The highest BCUT2D eigenvalue weighted by Gasteiger charge is 2.22. The third-order valence-corrected chi connectivity index (χ3v) is 9.59. The van der Waals surface area contributed by atoms with Crippen LogP contribution in [0.1, 0.15) is 0 Å². The molecule has 0 N–H and O–H groups in total. The summed E-state index contributed by atoms with van der Waals surface area (Å²) in [4.78, 5) is 0. The van der Waals surface area contributed by atoms with Gasteiger partial charge in [0.15, 0.2) is 0 Å². The predicted molar refractivity (Wildman–Crippen MR) is 192 cm³/mol. The first kappa shape index (κ1) is 25.2. The van der Waals surface area contributed by atoms with Gasteiger partial charge in [-0.15, -0.1) is 0 Å². The number of ether oxygens (including phenoxy) is 1. The Morgan fingerprint density at radius 3 is 1.98 bits per heavy atom. The topological polar surface area (TPSA) is 14.2 Å². The molecule has 1 aromatic heterocycles. The van der Waals surface area contributed by atoms with E-state index in [1.54, 1.807) is 0 Å². The number of hydrogen-bond acceptors (Lipinski definition) is 1.